The van der Waals surface area contributed by atoms with Crippen LogP contribution in [0.15, 0.2) is 24.3 Å². The summed E-state index contributed by atoms with van der Waals surface area (Å²) in [6.45, 7) is 0.0454. The molecule has 2 N–H and O–H groups in total. The third-order valence-electron chi connectivity index (χ3n) is 2.15. The fourth-order valence-electron chi connectivity index (χ4n) is 1.22. The van der Waals surface area contributed by atoms with Crippen molar-refractivity contribution in [2.24, 2.45) is 0 Å². The number of benzene rings is 1. The van der Waals surface area contributed by atoms with Gasteiger partial charge in [-0.25, -0.2) is 0 Å². The fourth-order valence-corrected chi connectivity index (χ4v) is 1.22. The number of nitrogens with one attached hydrogen (secondary N) is 2. The van der Waals surface area contributed by atoms with Gasteiger partial charge in [0.15, 0.2) is 0 Å². The van der Waals surface area contributed by atoms with Crippen LogP contribution in [-0.4, -0.2) is 32.0 Å². The second-order valence-electron chi connectivity index (χ2n) is 3.39. The highest BCUT2D eigenvalue weighted by molar-refractivity contribution is 5.96. The van der Waals surface area contributed by atoms with Crippen LogP contribution < -0.4 is 15.4 Å². The van der Waals surface area contributed by atoms with Gasteiger partial charge in [-0.1, -0.05) is 5.92 Å². The molecule has 0 bridgehead atoms. The minimum atomic E-state index is -0.325. The average Bonchev–Trinajstić information content (AvgIpc) is 2.42. The largest absolute Gasteiger partial charge is 0.497 e. The van der Waals surface area contributed by atoms with Gasteiger partial charge < -0.3 is 15.4 Å². The van der Waals surface area contributed by atoms with E-state index in [9.17, 15) is 9.59 Å². The van der Waals surface area contributed by atoms with Crippen LogP contribution in [0, 0.1) is 12.3 Å². The van der Waals surface area contributed by atoms with E-state index in [1.807, 2.05) is 0 Å². The lowest BCUT2D eigenvalue weighted by molar-refractivity contribution is -0.119. The smallest absolute Gasteiger partial charge is 0.251 e. The lowest BCUT2D eigenvalue weighted by atomic mass is 10.2. The van der Waals surface area contributed by atoms with Crippen LogP contribution in [0.4, 0.5) is 0 Å². The molecule has 0 heterocycles. The van der Waals surface area contributed by atoms with E-state index in [1.165, 1.54) is 0 Å². The van der Waals surface area contributed by atoms with Crippen LogP contribution in [0.5, 0.6) is 5.75 Å². The number of methoxy groups -OCH3 is 1. The molecular formula is C13H14N2O3. The molecular weight excluding hydrogens is 232 g/mol. The maximum atomic E-state index is 11.7. The zero-order valence-electron chi connectivity index (χ0n) is 10.0. The molecule has 0 aliphatic heterocycles. The molecule has 0 aliphatic rings. The number of hydrogen-bond donors (Lipinski definition) is 2. The molecule has 94 valence electrons. The van der Waals surface area contributed by atoms with E-state index in [-0.39, 0.29) is 24.9 Å². The van der Waals surface area contributed by atoms with E-state index >= 15 is 0 Å². The van der Waals surface area contributed by atoms with Crippen molar-refractivity contribution >= 4 is 11.8 Å². The Hall–Kier alpha value is -2.48. The zero-order valence-corrected chi connectivity index (χ0v) is 10.0. The van der Waals surface area contributed by atoms with Crippen LogP contribution in [0.2, 0.25) is 0 Å². The van der Waals surface area contributed by atoms with E-state index in [4.69, 9.17) is 11.2 Å². The summed E-state index contributed by atoms with van der Waals surface area (Å²) in [6.07, 6.45) is 4.99. The van der Waals surface area contributed by atoms with Crippen molar-refractivity contribution < 1.29 is 14.3 Å². The zero-order chi connectivity index (χ0) is 13.4. The van der Waals surface area contributed by atoms with Crippen molar-refractivity contribution in [3.63, 3.8) is 0 Å². The molecule has 5 heteroatoms. The van der Waals surface area contributed by atoms with Crippen LogP contribution >= 0.6 is 0 Å². The molecule has 0 saturated heterocycles. The molecule has 1 aromatic rings. The van der Waals surface area contributed by atoms with Gasteiger partial charge in [-0.2, -0.15) is 0 Å². The number of amides is 2. The lowest BCUT2D eigenvalue weighted by Gasteiger charge is -2.05. The van der Waals surface area contributed by atoms with Crippen LogP contribution in [0.25, 0.3) is 0 Å². The quantitative estimate of drug-likeness (QED) is 0.728. The molecule has 18 heavy (non-hydrogen) atoms. The first-order chi connectivity index (χ1) is 8.67. The summed E-state index contributed by atoms with van der Waals surface area (Å²) >= 11 is 0. The summed E-state index contributed by atoms with van der Waals surface area (Å²) in [5.74, 6) is 2.29. The molecule has 1 aromatic carbocycles. The topological polar surface area (TPSA) is 67.4 Å². The Kier molecular flexibility index (Phi) is 5.26. The number of hydrogen-bond acceptors (Lipinski definition) is 3. The van der Waals surface area contributed by atoms with Crippen molar-refractivity contribution in [2.75, 3.05) is 20.2 Å². The van der Waals surface area contributed by atoms with Crippen LogP contribution in [0.3, 0.4) is 0 Å². The summed E-state index contributed by atoms with van der Waals surface area (Å²) in [6, 6.07) is 6.58. The molecule has 0 spiro atoms. The number of carbonyl (C=O) groups is 2. The summed E-state index contributed by atoms with van der Waals surface area (Å²) in [7, 11) is 1.55. The van der Waals surface area contributed by atoms with Crippen molar-refractivity contribution in [3.8, 4) is 18.1 Å². The van der Waals surface area contributed by atoms with E-state index in [0.29, 0.717) is 11.3 Å². The minimum absolute atomic E-state index is 0.105. The summed E-state index contributed by atoms with van der Waals surface area (Å²) < 4.78 is 4.98. The summed E-state index contributed by atoms with van der Waals surface area (Å²) in [5.41, 5.74) is 0.459. The van der Waals surface area contributed by atoms with Gasteiger partial charge >= 0.3 is 0 Å². The van der Waals surface area contributed by atoms with Gasteiger partial charge in [-0.3, -0.25) is 9.59 Å². The molecule has 0 fully saturated rings. The fraction of sp³-hybridized carbons (Fsp3) is 0.231. The predicted molar refractivity (Wildman–Crippen MR) is 67.2 cm³/mol. The van der Waals surface area contributed by atoms with Gasteiger partial charge in [-0.15, -0.1) is 6.42 Å². The highest BCUT2D eigenvalue weighted by Crippen LogP contribution is 2.10. The maximum absolute atomic E-state index is 11.7. The van der Waals surface area contributed by atoms with Crippen molar-refractivity contribution in [1.29, 1.82) is 0 Å². The van der Waals surface area contributed by atoms with E-state index in [0.717, 1.165) is 0 Å². The molecule has 1 rings (SSSR count). The van der Waals surface area contributed by atoms with E-state index in [1.54, 1.807) is 31.4 Å². The number of ether oxygens (including phenoxy) is 1. The van der Waals surface area contributed by atoms with Crippen LogP contribution in [-0.2, 0) is 4.79 Å². The lowest BCUT2D eigenvalue weighted by Crippen LogP contribution is -2.37. The Bertz CT molecular complexity index is 460. The molecule has 2 amide bonds. The normalized spacial score (nSPS) is 9.11. The predicted octanol–water partition coefficient (Wildman–Crippen LogP) is 0.174. The maximum Gasteiger partial charge on any atom is 0.251 e. The standard InChI is InChI=1S/C13H14N2O3/c1-3-8-14-12(16)9-15-13(17)10-4-6-11(18-2)7-5-10/h1,4-7H,8-9H2,2H3,(H,14,16)(H,15,17). The highest BCUT2D eigenvalue weighted by atomic mass is 16.5. The number of rotatable bonds is 5. The van der Waals surface area contributed by atoms with E-state index < -0.39 is 0 Å². The van der Waals surface area contributed by atoms with Gasteiger partial charge in [0.05, 0.1) is 20.2 Å². The van der Waals surface area contributed by atoms with Gasteiger partial charge in [0.25, 0.3) is 5.91 Å². The molecule has 0 saturated carbocycles. The first-order valence-electron chi connectivity index (χ1n) is 5.29. The Morgan fingerprint density at radius 2 is 1.94 bits per heavy atom. The first kappa shape index (κ1) is 13.6. The van der Waals surface area contributed by atoms with Gasteiger partial charge in [-0.05, 0) is 24.3 Å². The number of terminal acetylenes is 1. The average molecular weight is 246 g/mol. The first-order valence-corrected chi connectivity index (χ1v) is 5.29. The van der Waals surface area contributed by atoms with Crippen molar-refractivity contribution in [3.05, 3.63) is 29.8 Å². The molecule has 5 nitrogen and oxygen atoms in total. The van der Waals surface area contributed by atoms with Gasteiger partial charge in [0, 0.05) is 5.56 Å². The van der Waals surface area contributed by atoms with Crippen LogP contribution in [0.1, 0.15) is 10.4 Å². The Morgan fingerprint density at radius 1 is 1.28 bits per heavy atom. The summed E-state index contributed by atoms with van der Waals surface area (Å²) in [5, 5.41) is 4.93. The SMILES string of the molecule is C#CCNC(=O)CNC(=O)c1ccc(OC)cc1. The van der Waals surface area contributed by atoms with Gasteiger partial charge in [0.1, 0.15) is 5.75 Å². The second kappa shape index (κ2) is 6.97. The third-order valence-corrected chi connectivity index (χ3v) is 2.15. The Balaban J connectivity index is 2.45. The van der Waals surface area contributed by atoms with Crippen molar-refractivity contribution in [2.45, 2.75) is 0 Å². The highest BCUT2D eigenvalue weighted by Gasteiger charge is 2.07. The molecule has 0 atom stereocenters. The van der Waals surface area contributed by atoms with E-state index in [2.05, 4.69) is 16.6 Å². The van der Waals surface area contributed by atoms with Gasteiger partial charge in [0.2, 0.25) is 5.91 Å². The third kappa shape index (κ3) is 4.18. The number of carbonyl (C=O) groups excluding carboxylic acids is 2. The molecule has 0 aromatic heterocycles. The Morgan fingerprint density at radius 3 is 2.50 bits per heavy atom. The monoisotopic (exact) mass is 246 g/mol. The molecule has 0 unspecified atom stereocenters. The summed E-state index contributed by atoms with van der Waals surface area (Å²) in [4.78, 5) is 22.8. The second-order valence-corrected chi connectivity index (χ2v) is 3.39. The molecule has 0 radical (unpaired) electrons. The Labute approximate surface area is 106 Å². The minimum Gasteiger partial charge on any atom is -0.497 e. The molecule has 0 aliphatic carbocycles. The van der Waals surface area contributed by atoms with Crippen molar-refractivity contribution in [1.82, 2.24) is 10.6 Å².